The zero-order valence-corrected chi connectivity index (χ0v) is 15.3. The number of hydrogen-bond acceptors (Lipinski definition) is 4. The normalized spacial score (nSPS) is 15.1. The Labute approximate surface area is 149 Å². The summed E-state index contributed by atoms with van der Waals surface area (Å²) in [6.07, 6.45) is 1.71. The number of rotatable bonds is 6. The summed E-state index contributed by atoms with van der Waals surface area (Å²) in [7, 11) is 0. The van der Waals surface area contributed by atoms with E-state index in [2.05, 4.69) is 0 Å². The van der Waals surface area contributed by atoms with Gasteiger partial charge in [-0.1, -0.05) is 17.7 Å². The van der Waals surface area contributed by atoms with Crippen molar-refractivity contribution in [1.29, 1.82) is 0 Å². The number of likely N-dealkylation sites (tertiary alicyclic amines) is 1. The van der Waals surface area contributed by atoms with E-state index in [9.17, 15) is 14.4 Å². The summed E-state index contributed by atoms with van der Waals surface area (Å²) in [5.74, 6) is -0.280. The molecule has 1 saturated heterocycles. The second-order valence-corrected chi connectivity index (χ2v) is 6.65. The van der Waals surface area contributed by atoms with Crippen molar-refractivity contribution in [3.63, 3.8) is 0 Å². The van der Waals surface area contributed by atoms with Crippen molar-refractivity contribution in [3.8, 4) is 0 Å². The van der Waals surface area contributed by atoms with Crippen molar-refractivity contribution in [2.45, 2.75) is 46.5 Å². The van der Waals surface area contributed by atoms with Crippen LogP contribution in [-0.2, 0) is 14.3 Å². The fraction of sp³-hybridized carbons (Fsp3) is 0.550. The van der Waals surface area contributed by atoms with Gasteiger partial charge in [-0.05, 0) is 45.2 Å². The van der Waals surface area contributed by atoms with E-state index >= 15 is 0 Å². The van der Waals surface area contributed by atoms with Gasteiger partial charge in [-0.15, -0.1) is 0 Å². The first-order valence-electron chi connectivity index (χ1n) is 8.97. The van der Waals surface area contributed by atoms with Crippen LogP contribution in [0.15, 0.2) is 18.2 Å². The molecule has 5 nitrogen and oxygen atoms in total. The van der Waals surface area contributed by atoms with E-state index < -0.39 is 0 Å². The van der Waals surface area contributed by atoms with Crippen molar-refractivity contribution in [3.05, 3.63) is 34.9 Å². The number of nitrogens with zero attached hydrogens (tertiary/aromatic N) is 1. The van der Waals surface area contributed by atoms with Crippen molar-refractivity contribution in [1.82, 2.24) is 4.90 Å². The van der Waals surface area contributed by atoms with E-state index in [-0.39, 0.29) is 36.4 Å². The Morgan fingerprint density at radius 3 is 2.44 bits per heavy atom. The molecular weight excluding hydrogens is 318 g/mol. The molecule has 1 aliphatic heterocycles. The van der Waals surface area contributed by atoms with Crippen LogP contribution in [0, 0.1) is 19.8 Å². The number of ether oxygens (including phenoxy) is 1. The predicted molar refractivity (Wildman–Crippen MR) is 95.4 cm³/mol. The van der Waals surface area contributed by atoms with Gasteiger partial charge in [0, 0.05) is 31.5 Å². The molecule has 25 heavy (non-hydrogen) atoms. The molecule has 136 valence electrons. The Morgan fingerprint density at radius 2 is 1.80 bits per heavy atom. The zero-order chi connectivity index (χ0) is 18.4. The number of piperidine rings is 1. The van der Waals surface area contributed by atoms with Crippen LogP contribution < -0.4 is 0 Å². The summed E-state index contributed by atoms with van der Waals surface area (Å²) in [5.41, 5.74) is 2.69. The highest BCUT2D eigenvalue weighted by molar-refractivity contribution is 5.99. The van der Waals surface area contributed by atoms with E-state index in [1.165, 1.54) is 0 Å². The summed E-state index contributed by atoms with van der Waals surface area (Å²) >= 11 is 0. The summed E-state index contributed by atoms with van der Waals surface area (Å²) in [5, 5.41) is 0. The number of carbonyl (C=O) groups excluding carboxylic acids is 3. The second kappa shape index (κ2) is 8.79. The standard InChI is InChI=1S/C20H27NO4/c1-4-25-20(24)16-9-11-21(12-10-16)19(23)8-7-18(22)17-13-14(2)5-6-15(17)3/h5-6,13,16H,4,7-12H2,1-3H3. The molecule has 0 bridgehead atoms. The van der Waals surface area contributed by atoms with Crippen molar-refractivity contribution < 1.29 is 19.1 Å². The highest BCUT2D eigenvalue weighted by atomic mass is 16.5. The number of benzene rings is 1. The van der Waals surface area contributed by atoms with Gasteiger partial charge < -0.3 is 9.64 Å². The molecule has 0 radical (unpaired) electrons. The molecule has 2 rings (SSSR count). The number of Topliss-reactive ketones (excluding diaryl/α,β-unsaturated/α-hetero) is 1. The van der Waals surface area contributed by atoms with Gasteiger partial charge in [0.05, 0.1) is 12.5 Å². The lowest BCUT2D eigenvalue weighted by Gasteiger charge is -2.30. The molecule has 0 saturated carbocycles. The molecule has 1 amide bonds. The second-order valence-electron chi connectivity index (χ2n) is 6.65. The topological polar surface area (TPSA) is 63.7 Å². The largest absolute Gasteiger partial charge is 0.466 e. The van der Waals surface area contributed by atoms with E-state index in [0.29, 0.717) is 38.1 Å². The van der Waals surface area contributed by atoms with Crippen LogP contribution in [0.4, 0.5) is 0 Å². The van der Waals surface area contributed by atoms with Crippen LogP contribution in [0.5, 0.6) is 0 Å². The van der Waals surface area contributed by atoms with Crippen LogP contribution >= 0.6 is 0 Å². The lowest BCUT2D eigenvalue weighted by Crippen LogP contribution is -2.40. The third kappa shape index (κ3) is 5.15. The molecule has 0 N–H and O–H groups in total. The first-order valence-corrected chi connectivity index (χ1v) is 8.97. The lowest BCUT2D eigenvalue weighted by atomic mass is 9.96. The van der Waals surface area contributed by atoms with Crippen LogP contribution in [0.3, 0.4) is 0 Å². The van der Waals surface area contributed by atoms with Gasteiger partial charge in [-0.25, -0.2) is 0 Å². The number of ketones is 1. The minimum Gasteiger partial charge on any atom is -0.466 e. The maximum absolute atomic E-state index is 12.4. The SMILES string of the molecule is CCOC(=O)C1CCN(C(=O)CCC(=O)c2cc(C)ccc2C)CC1. The van der Waals surface area contributed by atoms with E-state index in [0.717, 1.165) is 11.1 Å². The maximum atomic E-state index is 12.4. The minimum absolute atomic E-state index is 0.0101. The smallest absolute Gasteiger partial charge is 0.309 e. The molecule has 1 aromatic rings. The molecule has 0 aromatic heterocycles. The van der Waals surface area contributed by atoms with Gasteiger partial charge in [-0.2, -0.15) is 0 Å². The van der Waals surface area contributed by atoms with Crippen LogP contribution in [0.1, 0.15) is 54.1 Å². The Kier molecular flexibility index (Phi) is 6.73. The molecule has 1 aliphatic rings. The molecule has 1 aromatic carbocycles. The van der Waals surface area contributed by atoms with Gasteiger partial charge in [0.2, 0.25) is 5.91 Å². The van der Waals surface area contributed by atoms with Gasteiger partial charge >= 0.3 is 5.97 Å². The average Bonchev–Trinajstić information content (AvgIpc) is 2.61. The van der Waals surface area contributed by atoms with Crippen molar-refractivity contribution >= 4 is 17.7 Å². The number of carbonyl (C=O) groups is 3. The van der Waals surface area contributed by atoms with Gasteiger partial charge in [0.1, 0.15) is 0 Å². The Balaban J connectivity index is 1.82. The lowest BCUT2D eigenvalue weighted by molar-refractivity contribution is -0.151. The maximum Gasteiger partial charge on any atom is 0.309 e. The fourth-order valence-electron chi connectivity index (χ4n) is 3.17. The average molecular weight is 345 g/mol. The summed E-state index contributed by atoms with van der Waals surface area (Å²) in [6, 6.07) is 5.79. The Morgan fingerprint density at radius 1 is 1.12 bits per heavy atom. The number of amides is 1. The molecular formula is C20H27NO4. The van der Waals surface area contributed by atoms with E-state index in [4.69, 9.17) is 4.74 Å². The third-order valence-corrected chi connectivity index (χ3v) is 4.73. The van der Waals surface area contributed by atoms with E-state index in [1.807, 2.05) is 32.0 Å². The third-order valence-electron chi connectivity index (χ3n) is 4.73. The van der Waals surface area contributed by atoms with Crippen LogP contribution in [0.25, 0.3) is 0 Å². The number of esters is 1. The Hall–Kier alpha value is -2.17. The van der Waals surface area contributed by atoms with Gasteiger partial charge in [-0.3, -0.25) is 14.4 Å². The first-order chi connectivity index (χ1) is 11.9. The monoisotopic (exact) mass is 345 g/mol. The summed E-state index contributed by atoms with van der Waals surface area (Å²) < 4.78 is 5.04. The highest BCUT2D eigenvalue weighted by Crippen LogP contribution is 2.20. The predicted octanol–water partition coefficient (Wildman–Crippen LogP) is 3.07. The molecule has 0 aliphatic carbocycles. The van der Waals surface area contributed by atoms with Crippen molar-refractivity contribution in [2.24, 2.45) is 5.92 Å². The number of aryl methyl sites for hydroxylation is 2. The molecule has 1 fully saturated rings. The summed E-state index contributed by atoms with van der Waals surface area (Å²) in [4.78, 5) is 38.2. The van der Waals surface area contributed by atoms with Gasteiger partial charge in [0.15, 0.2) is 5.78 Å². The summed E-state index contributed by atoms with van der Waals surface area (Å²) in [6.45, 7) is 7.16. The Bertz CT molecular complexity index is 645. The fourth-order valence-corrected chi connectivity index (χ4v) is 3.17. The van der Waals surface area contributed by atoms with E-state index in [1.54, 1.807) is 11.8 Å². The van der Waals surface area contributed by atoms with Crippen LogP contribution in [-0.4, -0.2) is 42.3 Å². The quantitative estimate of drug-likeness (QED) is 0.587. The molecule has 1 heterocycles. The zero-order valence-electron chi connectivity index (χ0n) is 15.3. The minimum atomic E-state index is -0.167. The number of hydrogen-bond donors (Lipinski definition) is 0. The van der Waals surface area contributed by atoms with Gasteiger partial charge in [0.25, 0.3) is 0 Å². The van der Waals surface area contributed by atoms with Crippen LogP contribution in [0.2, 0.25) is 0 Å². The molecule has 0 spiro atoms. The van der Waals surface area contributed by atoms with Crippen molar-refractivity contribution in [2.75, 3.05) is 19.7 Å². The first kappa shape index (κ1) is 19.2. The molecule has 5 heteroatoms. The molecule has 0 unspecified atom stereocenters. The molecule has 0 atom stereocenters. The highest BCUT2D eigenvalue weighted by Gasteiger charge is 2.28.